The Morgan fingerprint density at radius 1 is 1.20 bits per heavy atom. The monoisotopic (exact) mass is 417 g/mol. The number of thiazole rings is 1. The van der Waals surface area contributed by atoms with Gasteiger partial charge in [0.25, 0.3) is 0 Å². The highest BCUT2D eigenvalue weighted by molar-refractivity contribution is 9.10. The molecule has 0 atom stereocenters. The minimum absolute atomic E-state index is 0.167. The topological polar surface area (TPSA) is 48.4 Å². The summed E-state index contributed by atoms with van der Waals surface area (Å²) in [6.45, 7) is 0.219. The molecule has 3 aromatic rings. The van der Waals surface area contributed by atoms with Gasteiger partial charge in [-0.2, -0.15) is 0 Å². The predicted molar refractivity (Wildman–Crippen MR) is 102 cm³/mol. The van der Waals surface area contributed by atoms with E-state index in [4.69, 9.17) is 9.47 Å². The van der Waals surface area contributed by atoms with Gasteiger partial charge in [-0.05, 0) is 33.6 Å². The van der Waals surface area contributed by atoms with Gasteiger partial charge in [-0.1, -0.05) is 36.4 Å². The van der Waals surface area contributed by atoms with Gasteiger partial charge in [0.15, 0.2) is 0 Å². The second-order valence-corrected chi connectivity index (χ2v) is 7.03. The van der Waals surface area contributed by atoms with Crippen molar-refractivity contribution in [2.45, 2.75) is 13.0 Å². The van der Waals surface area contributed by atoms with E-state index in [1.54, 1.807) is 7.11 Å². The number of hydrogen-bond donors (Lipinski definition) is 0. The molecule has 1 heterocycles. The van der Waals surface area contributed by atoms with Crippen LogP contribution in [-0.2, 0) is 22.6 Å². The maximum Gasteiger partial charge on any atom is 0.312 e. The van der Waals surface area contributed by atoms with E-state index in [1.807, 2.05) is 53.9 Å². The van der Waals surface area contributed by atoms with Gasteiger partial charge in [-0.3, -0.25) is 4.79 Å². The highest BCUT2D eigenvalue weighted by Gasteiger charge is 2.11. The number of benzene rings is 2. The molecule has 0 aliphatic rings. The number of ether oxygens (including phenoxy) is 2. The zero-order valence-corrected chi connectivity index (χ0v) is 16.0. The van der Waals surface area contributed by atoms with Crippen LogP contribution in [0.3, 0.4) is 0 Å². The summed E-state index contributed by atoms with van der Waals surface area (Å²) in [7, 11) is 1.61. The van der Waals surface area contributed by atoms with Crippen LogP contribution in [0.2, 0.25) is 0 Å². The maximum absolute atomic E-state index is 12.0. The number of aromatic nitrogens is 1. The first-order chi connectivity index (χ1) is 12.2. The van der Waals surface area contributed by atoms with E-state index in [9.17, 15) is 4.79 Å². The molecule has 0 spiro atoms. The Labute approximate surface area is 158 Å². The first-order valence-electron chi connectivity index (χ1n) is 7.63. The van der Waals surface area contributed by atoms with E-state index in [0.717, 1.165) is 32.1 Å². The van der Waals surface area contributed by atoms with Crippen molar-refractivity contribution in [3.63, 3.8) is 0 Å². The van der Waals surface area contributed by atoms with Crippen LogP contribution in [0, 0.1) is 0 Å². The van der Waals surface area contributed by atoms with Crippen molar-refractivity contribution in [3.05, 3.63) is 69.6 Å². The lowest BCUT2D eigenvalue weighted by Gasteiger charge is -2.07. The van der Waals surface area contributed by atoms with E-state index in [0.29, 0.717) is 0 Å². The number of rotatable bonds is 6. The molecule has 0 bridgehead atoms. The summed E-state index contributed by atoms with van der Waals surface area (Å²) >= 11 is 4.95. The van der Waals surface area contributed by atoms with Crippen molar-refractivity contribution in [2.24, 2.45) is 0 Å². The SMILES string of the molecule is COc1ccc(COC(=O)Cc2csc(-c3ccccc3)n2)cc1Br. The van der Waals surface area contributed by atoms with E-state index in [2.05, 4.69) is 20.9 Å². The Morgan fingerprint density at radius 3 is 2.72 bits per heavy atom. The summed E-state index contributed by atoms with van der Waals surface area (Å²) in [6.07, 6.45) is 0.167. The molecule has 0 aliphatic heterocycles. The molecule has 0 amide bonds. The molecular formula is C19H16BrNO3S. The molecule has 0 saturated carbocycles. The van der Waals surface area contributed by atoms with Gasteiger partial charge in [0, 0.05) is 10.9 Å². The molecule has 0 unspecified atom stereocenters. The fourth-order valence-corrected chi connectivity index (χ4v) is 3.68. The summed E-state index contributed by atoms with van der Waals surface area (Å²) in [5, 5.41) is 2.80. The van der Waals surface area contributed by atoms with Crippen LogP contribution in [-0.4, -0.2) is 18.1 Å². The molecule has 0 aliphatic carbocycles. The van der Waals surface area contributed by atoms with Crippen LogP contribution >= 0.6 is 27.3 Å². The molecule has 0 radical (unpaired) electrons. The van der Waals surface area contributed by atoms with Crippen molar-refractivity contribution in [3.8, 4) is 16.3 Å². The first-order valence-corrected chi connectivity index (χ1v) is 9.31. The largest absolute Gasteiger partial charge is 0.496 e. The van der Waals surface area contributed by atoms with Gasteiger partial charge in [0.2, 0.25) is 0 Å². The smallest absolute Gasteiger partial charge is 0.312 e. The molecule has 4 nitrogen and oxygen atoms in total. The summed E-state index contributed by atoms with van der Waals surface area (Å²) in [6, 6.07) is 15.5. The third kappa shape index (κ3) is 4.67. The summed E-state index contributed by atoms with van der Waals surface area (Å²) in [4.78, 5) is 16.6. The minimum atomic E-state index is -0.295. The average Bonchev–Trinajstić information content (AvgIpc) is 3.09. The van der Waals surface area contributed by atoms with Gasteiger partial charge in [-0.25, -0.2) is 4.98 Å². The van der Waals surface area contributed by atoms with E-state index >= 15 is 0 Å². The van der Waals surface area contributed by atoms with E-state index in [1.165, 1.54) is 11.3 Å². The Morgan fingerprint density at radius 2 is 2.00 bits per heavy atom. The molecule has 2 aromatic carbocycles. The minimum Gasteiger partial charge on any atom is -0.496 e. The lowest BCUT2D eigenvalue weighted by molar-refractivity contribution is -0.144. The number of methoxy groups -OCH3 is 1. The zero-order valence-electron chi connectivity index (χ0n) is 13.6. The molecule has 0 N–H and O–H groups in total. The van der Waals surface area contributed by atoms with Gasteiger partial charge in [0.1, 0.15) is 17.4 Å². The van der Waals surface area contributed by atoms with Crippen LogP contribution in [0.25, 0.3) is 10.6 Å². The van der Waals surface area contributed by atoms with Crippen LogP contribution in [0.1, 0.15) is 11.3 Å². The maximum atomic E-state index is 12.0. The molecular weight excluding hydrogens is 402 g/mol. The number of halogens is 1. The number of carbonyl (C=O) groups is 1. The third-order valence-electron chi connectivity index (χ3n) is 3.51. The summed E-state index contributed by atoms with van der Waals surface area (Å²) in [5.74, 6) is 0.447. The van der Waals surface area contributed by atoms with E-state index in [-0.39, 0.29) is 19.0 Å². The molecule has 1 aromatic heterocycles. The standard InChI is InChI=1S/C19H16BrNO3S/c1-23-17-8-7-13(9-16(17)20)11-24-18(22)10-15-12-25-19(21-15)14-5-3-2-4-6-14/h2-9,12H,10-11H2,1H3. The van der Waals surface area contributed by atoms with Gasteiger partial charge >= 0.3 is 5.97 Å². The van der Waals surface area contributed by atoms with Crippen molar-refractivity contribution < 1.29 is 14.3 Å². The van der Waals surface area contributed by atoms with Crippen LogP contribution < -0.4 is 4.74 Å². The number of carbonyl (C=O) groups excluding carboxylic acids is 1. The van der Waals surface area contributed by atoms with Crippen molar-refractivity contribution in [2.75, 3.05) is 7.11 Å². The predicted octanol–water partition coefficient (Wildman–Crippen LogP) is 4.87. The lowest BCUT2D eigenvalue weighted by Crippen LogP contribution is -2.08. The van der Waals surface area contributed by atoms with Crippen LogP contribution in [0.15, 0.2) is 58.4 Å². The van der Waals surface area contributed by atoms with Crippen molar-refractivity contribution >= 4 is 33.2 Å². The van der Waals surface area contributed by atoms with Crippen LogP contribution in [0.4, 0.5) is 0 Å². The number of nitrogens with zero attached hydrogens (tertiary/aromatic N) is 1. The molecule has 0 fully saturated rings. The Bertz CT molecular complexity index is 864. The number of esters is 1. The van der Waals surface area contributed by atoms with Crippen molar-refractivity contribution in [1.29, 1.82) is 0 Å². The fraction of sp³-hybridized carbons (Fsp3) is 0.158. The molecule has 0 saturated heterocycles. The molecule has 128 valence electrons. The summed E-state index contributed by atoms with van der Waals surface area (Å²) < 4.78 is 11.4. The second kappa shape index (κ2) is 8.27. The third-order valence-corrected chi connectivity index (χ3v) is 5.07. The highest BCUT2D eigenvalue weighted by atomic mass is 79.9. The second-order valence-electron chi connectivity index (χ2n) is 5.32. The van der Waals surface area contributed by atoms with Gasteiger partial charge in [-0.15, -0.1) is 11.3 Å². The Balaban J connectivity index is 1.56. The van der Waals surface area contributed by atoms with Crippen LogP contribution in [0.5, 0.6) is 5.75 Å². The zero-order chi connectivity index (χ0) is 17.6. The summed E-state index contributed by atoms with van der Waals surface area (Å²) in [5.41, 5.74) is 2.67. The highest BCUT2D eigenvalue weighted by Crippen LogP contribution is 2.26. The average molecular weight is 418 g/mol. The Kier molecular flexibility index (Phi) is 5.83. The van der Waals surface area contributed by atoms with Gasteiger partial charge in [0.05, 0.1) is 23.7 Å². The normalized spacial score (nSPS) is 10.5. The quantitative estimate of drug-likeness (QED) is 0.536. The van der Waals surface area contributed by atoms with Crippen molar-refractivity contribution in [1.82, 2.24) is 4.98 Å². The molecule has 6 heteroatoms. The first kappa shape index (κ1) is 17.6. The Hall–Kier alpha value is -2.18. The number of hydrogen-bond acceptors (Lipinski definition) is 5. The lowest BCUT2D eigenvalue weighted by atomic mass is 10.2. The fourth-order valence-electron chi connectivity index (χ4n) is 2.26. The molecule has 3 rings (SSSR count). The molecule has 25 heavy (non-hydrogen) atoms. The van der Waals surface area contributed by atoms with E-state index < -0.39 is 0 Å². The van der Waals surface area contributed by atoms with Gasteiger partial charge < -0.3 is 9.47 Å².